The lowest BCUT2D eigenvalue weighted by Crippen LogP contribution is -1.86. The summed E-state index contributed by atoms with van der Waals surface area (Å²) in [7, 11) is 0. The minimum atomic E-state index is 0.601. The van der Waals surface area contributed by atoms with Crippen LogP contribution >= 0.6 is 15.9 Å². The summed E-state index contributed by atoms with van der Waals surface area (Å²) in [4.78, 5) is 0. The summed E-state index contributed by atoms with van der Waals surface area (Å²) in [5.74, 6) is 1.51. The molecule has 2 nitrogen and oxygen atoms in total. The van der Waals surface area contributed by atoms with Gasteiger partial charge in [-0.2, -0.15) is 5.26 Å². The highest BCUT2D eigenvalue weighted by atomic mass is 79.9. The molecule has 0 spiro atoms. The van der Waals surface area contributed by atoms with E-state index in [9.17, 15) is 0 Å². The Hall–Kier alpha value is -1.79. The van der Waals surface area contributed by atoms with Crippen molar-refractivity contribution in [3.8, 4) is 17.6 Å². The molecule has 2 rings (SSSR count). The Morgan fingerprint density at radius 2 is 1.78 bits per heavy atom. The topological polar surface area (TPSA) is 33.0 Å². The Morgan fingerprint density at radius 3 is 2.33 bits per heavy atom. The number of hydrogen-bond donors (Lipinski definition) is 0. The summed E-state index contributed by atoms with van der Waals surface area (Å²) < 4.78 is 6.46. The van der Waals surface area contributed by atoms with Crippen LogP contribution in [-0.4, -0.2) is 0 Å². The molecule has 0 amide bonds. The highest BCUT2D eigenvalue weighted by Crippen LogP contribution is 2.27. The van der Waals surface area contributed by atoms with Crippen molar-refractivity contribution in [2.24, 2.45) is 0 Å². The van der Waals surface area contributed by atoms with Gasteiger partial charge >= 0.3 is 0 Å². The molecule has 0 saturated carbocycles. The first-order valence-corrected chi connectivity index (χ1v) is 6.48. The largest absolute Gasteiger partial charge is 0.457 e. The molecule has 0 unspecified atom stereocenters. The van der Waals surface area contributed by atoms with Crippen LogP contribution in [0.5, 0.6) is 11.5 Å². The molecule has 0 radical (unpaired) electrons. The van der Waals surface area contributed by atoms with Gasteiger partial charge in [0, 0.05) is 4.47 Å². The molecule has 18 heavy (non-hydrogen) atoms. The molecule has 0 N–H and O–H groups in total. The number of ether oxygens (including phenoxy) is 1. The molecule has 2 aromatic carbocycles. The van der Waals surface area contributed by atoms with Crippen molar-refractivity contribution < 1.29 is 4.74 Å². The van der Waals surface area contributed by atoms with Gasteiger partial charge < -0.3 is 4.74 Å². The normalized spacial score (nSPS) is 9.83. The van der Waals surface area contributed by atoms with E-state index in [0.717, 1.165) is 16.6 Å². The molecule has 90 valence electrons. The number of nitrogens with zero attached hydrogens (tertiary/aromatic N) is 1. The Labute approximate surface area is 115 Å². The van der Waals surface area contributed by atoms with Gasteiger partial charge in [0.15, 0.2) is 0 Å². The van der Waals surface area contributed by atoms with Crippen LogP contribution in [0.3, 0.4) is 0 Å². The van der Waals surface area contributed by atoms with Gasteiger partial charge in [0.2, 0.25) is 0 Å². The predicted octanol–water partition coefficient (Wildman–Crippen LogP) is 4.68. The summed E-state index contributed by atoms with van der Waals surface area (Å²) in [5, 5.41) is 8.84. The minimum absolute atomic E-state index is 0.601. The van der Waals surface area contributed by atoms with Gasteiger partial charge in [0.25, 0.3) is 0 Å². The third kappa shape index (κ3) is 2.91. The monoisotopic (exact) mass is 301 g/mol. The number of hydrogen-bond acceptors (Lipinski definition) is 2. The summed E-state index contributed by atoms with van der Waals surface area (Å²) in [6.45, 7) is 2.12. The average Bonchev–Trinajstić information content (AvgIpc) is 2.40. The number of aryl methyl sites for hydroxylation is 1. The third-order valence-corrected chi connectivity index (χ3v) is 3.28. The fraction of sp³-hybridized carbons (Fsp3) is 0.133. The Kier molecular flexibility index (Phi) is 4.01. The van der Waals surface area contributed by atoms with Gasteiger partial charge in [-0.1, -0.05) is 19.1 Å². The molecule has 0 aliphatic carbocycles. The Morgan fingerprint density at radius 1 is 1.11 bits per heavy atom. The standard InChI is InChI=1S/C15H12BrNO/c1-2-11-3-6-13(7-4-11)18-14-8-5-12(10-17)15(16)9-14/h3-9H,2H2,1H3. The van der Waals surface area contributed by atoms with E-state index in [1.807, 2.05) is 24.3 Å². The van der Waals surface area contributed by atoms with Gasteiger partial charge in [-0.15, -0.1) is 0 Å². The number of nitriles is 1. The van der Waals surface area contributed by atoms with E-state index in [4.69, 9.17) is 10.00 Å². The number of rotatable bonds is 3. The molecule has 0 aliphatic rings. The minimum Gasteiger partial charge on any atom is -0.457 e. The molecule has 3 heteroatoms. The zero-order valence-corrected chi connectivity index (χ0v) is 11.6. The van der Waals surface area contributed by atoms with Crippen molar-refractivity contribution in [1.82, 2.24) is 0 Å². The van der Waals surface area contributed by atoms with Gasteiger partial charge in [-0.05, 0) is 58.2 Å². The van der Waals surface area contributed by atoms with E-state index in [1.165, 1.54) is 5.56 Å². The van der Waals surface area contributed by atoms with E-state index in [2.05, 4.69) is 28.9 Å². The van der Waals surface area contributed by atoms with E-state index in [-0.39, 0.29) is 0 Å². The first-order chi connectivity index (χ1) is 8.72. The van der Waals surface area contributed by atoms with Gasteiger partial charge in [0.05, 0.1) is 5.56 Å². The zero-order valence-electron chi connectivity index (χ0n) is 9.98. The van der Waals surface area contributed by atoms with Crippen molar-refractivity contribution in [2.75, 3.05) is 0 Å². The van der Waals surface area contributed by atoms with E-state index >= 15 is 0 Å². The number of halogens is 1. The fourth-order valence-corrected chi connectivity index (χ4v) is 2.03. The summed E-state index contributed by atoms with van der Waals surface area (Å²) in [6, 6.07) is 15.4. The van der Waals surface area contributed by atoms with Crippen LogP contribution in [0.25, 0.3) is 0 Å². The lowest BCUT2D eigenvalue weighted by molar-refractivity contribution is 0.482. The average molecular weight is 302 g/mol. The van der Waals surface area contributed by atoms with Gasteiger partial charge in [-0.25, -0.2) is 0 Å². The first kappa shape index (κ1) is 12.7. The fourth-order valence-electron chi connectivity index (χ4n) is 1.58. The smallest absolute Gasteiger partial charge is 0.128 e. The third-order valence-electron chi connectivity index (χ3n) is 2.63. The molecule has 0 saturated heterocycles. The lowest BCUT2D eigenvalue weighted by Gasteiger charge is -2.07. The molecule has 0 atom stereocenters. The maximum Gasteiger partial charge on any atom is 0.128 e. The van der Waals surface area contributed by atoms with Gasteiger partial charge in [0.1, 0.15) is 17.6 Å². The molecular weight excluding hydrogens is 290 g/mol. The van der Waals surface area contributed by atoms with Gasteiger partial charge in [-0.3, -0.25) is 0 Å². The highest BCUT2D eigenvalue weighted by molar-refractivity contribution is 9.10. The van der Waals surface area contributed by atoms with Crippen molar-refractivity contribution in [3.63, 3.8) is 0 Å². The van der Waals surface area contributed by atoms with Crippen LogP contribution in [0.1, 0.15) is 18.1 Å². The second-order valence-corrected chi connectivity index (χ2v) is 4.71. The number of benzene rings is 2. The van der Waals surface area contributed by atoms with E-state index in [1.54, 1.807) is 18.2 Å². The lowest BCUT2D eigenvalue weighted by atomic mass is 10.2. The Balaban J connectivity index is 2.18. The van der Waals surface area contributed by atoms with E-state index in [0.29, 0.717) is 11.3 Å². The summed E-state index contributed by atoms with van der Waals surface area (Å²) in [5.41, 5.74) is 1.88. The first-order valence-electron chi connectivity index (χ1n) is 5.69. The molecule has 2 aromatic rings. The van der Waals surface area contributed by atoms with E-state index < -0.39 is 0 Å². The Bertz CT molecular complexity index is 584. The maximum absolute atomic E-state index is 8.84. The molecule has 0 bridgehead atoms. The van der Waals surface area contributed by atoms with Crippen LogP contribution < -0.4 is 4.74 Å². The van der Waals surface area contributed by atoms with Crippen LogP contribution in [0, 0.1) is 11.3 Å². The van der Waals surface area contributed by atoms with Crippen LogP contribution in [0.2, 0.25) is 0 Å². The summed E-state index contributed by atoms with van der Waals surface area (Å²) in [6.07, 6.45) is 1.02. The van der Waals surface area contributed by atoms with Crippen molar-refractivity contribution in [3.05, 3.63) is 58.1 Å². The van der Waals surface area contributed by atoms with Crippen LogP contribution in [0.15, 0.2) is 46.9 Å². The highest BCUT2D eigenvalue weighted by Gasteiger charge is 2.02. The van der Waals surface area contributed by atoms with Crippen molar-refractivity contribution in [1.29, 1.82) is 5.26 Å². The maximum atomic E-state index is 8.84. The predicted molar refractivity (Wildman–Crippen MR) is 74.8 cm³/mol. The molecular formula is C15H12BrNO. The molecule has 0 fully saturated rings. The van der Waals surface area contributed by atoms with Crippen LogP contribution in [-0.2, 0) is 6.42 Å². The molecule has 0 heterocycles. The molecule has 0 aromatic heterocycles. The van der Waals surface area contributed by atoms with Crippen molar-refractivity contribution >= 4 is 15.9 Å². The quantitative estimate of drug-likeness (QED) is 0.825. The second-order valence-electron chi connectivity index (χ2n) is 3.85. The molecule has 0 aliphatic heterocycles. The van der Waals surface area contributed by atoms with Crippen LogP contribution in [0.4, 0.5) is 0 Å². The summed E-state index contributed by atoms with van der Waals surface area (Å²) >= 11 is 3.34. The SMILES string of the molecule is CCc1ccc(Oc2ccc(C#N)c(Br)c2)cc1. The zero-order chi connectivity index (χ0) is 13.0. The second kappa shape index (κ2) is 5.70. The van der Waals surface area contributed by atoms with Crippen molar-refractivity contribution in [2.45, 2.75) is 13.3 Å².